The molecular formula is C17H11N. The molecule has 0 bridgehead atoms. The van der Waals surface area contributed by atoms with E-state index >= 15 is 0 Å². The molecule has 0 amide bonds. The van der Waals surface area contributed by atoms with Gasteiger partial charge in [0.05, 0.1) is 5.52 Å². The molecule has 1 aromatic heterocycles. The number of pyridine rings is 1. The van der Waals surface area contributed by atoms with Crippen LogP contribution in [0.5, 0.6) is 0 Å². The van der Waals surface area contributed by atoms with Gasteiger partial charge in [0.25, 0.3) is 0 Å². The summed E-state index contributed by atoms with van der Waals surface area (Å²) in [4.78, 5) is 4.41. The number of rotatable bonds is 0. The molecule has 0 saturated heterocycles. The van der Waals surface area contributed by atoms with Crippen molar-refractivity contribution in [2.45, 2.75) is 0 Å². The molecule has 0 spiro atoms. The van der Waals surface area contributed by atoms with E-state index in [-0.39, 0.29) is 0 Å². The third-order valence-corrected chi connectivity index (χ3v) is 3.51. The number of nitrogens with zero attached hydrogens (tertiary/aromatic N) is 1. The topological polar surface area (TPSA) is 12.9 Å². The summed E-state index contributed by atoms with van der Waals surface area (Å²) in [5.41, 5.74) is 1.06. The van der Waals surface area contributed by atoms with Gasteiger partial charge in [0.15, 0.2) is 0 Å². The molecule has 84 valence electrons. The van der Waals surface area contributed by atoms with E-state index < -0.39 is 0 Å². The van der Waals surface area contributed by atoms with Gasteiger partial charge in [0.1, 0.15) is 0 Å². The van der Waals surface area contributed by atoms with Crippen LogP contribution in [0.25, 0.3) is 32.4 Å². The Morgan fingerprint density at radius 1 is 0.556 bits per heavy atom. The zero-order valence-electron chi connectivity index (χ0n) is 9.80. The molecule has 0 fully saturated rings. The Morgan fingerprint density at radius 3 is 2.33 bits per heavy atom. The molecule has 4 aromatic rings. The van der Waals surface area contributed by atoms with Gasteiger partial charge >= 0.3 is 0 Å². The van der Waals surface area contributed by atoms with Gasteiger partial charge in [-0.05, 0) is 33.7 Å². The van der Waals surface area contributed by atoms with Crippen LogP contribution in [0.15, 0.2) is 66.9 Å². The second kappa shape index (κ2) is 3.54. The van der Waals surface area contributed by atoms with Crippen molar-refractivity contribution in [3.8, 4) is 0 Å². The Kier molecular flexibility index (Phi) is 1.89. The third-order valence-electron chi connectivity index (χ3n) is 3.51. The van der Waals surface area contributed by atoms with Crippen LogP contribution >= 0.6 is 0 Å². The Hall–Kier alpha value is -2.41. The summed E-state index contributed by atoms with van der Waals surface area (Å²) in [7, 11) is 0. The van der Waals surface area contributed by atoms with Gasteiger partial charge in [-0.2, -0.15) is 0 Å². The predicted octanol–water partition coefficient (Wildman–Crippen LogP) is 4.54. The van der Waals surface area contributed by atoms with Crippen molar-refractivity contribution in [2.75, 3.05) is 0 Å². The molecule has 0 aliphatic rings. The number of benzene rings is 3. The fourth-order valence-corrected chi connectivity index (χ4v) is 2.65. The zero-order valence-corrected chi connectivity index (χ0v) is 9.80. The largest absolute Gasteiger partial charge is 0.256 e. The minimum Gasteiger partial charge on any atom is -0.256 e. The summed E-state index contributed by atoms with van der Waals surface area (Å²) < 4.78 is 0. The van der Waals surface area contributed by atoms with Crippen molar-refractivity contribution < 1.29 is 0 Å². The Bertz CT molecular complexity index is 803. The van der Waals surface area contributed by atoms with E-state index in [1.165, 1.54) is 26.9 Å². The first-order valence-electron chi connectivity index (χ1n) is 6.09. The monoisotopic (exact) mass is 229 g/mol. The van der Waals surface area contributed by atoms with Crippen LogP contribution in [-0.2, 0) is 0 Å². The Balaban J connectivity index is 2.31. The van der Waals surface area contributed by atoms with Crippen molar-refractivity contribution in [3.63, 3.8) is 0 Å². The summed E-state index contributed by atoms with van der Waals surface area (Å²) >= 11 is 0. The standard InChI is InChI=1S/C17H11N/c1-2-5-13-12(4-1)7-8-15-14(13)9-10-17-16(15)6-3-11-18-17/h1-11H. The minimum absolute atomic E-state index is 1.06. The third kappa shape index (κ3) is 1.25. The first-order chi connectivity index (χ1) is 8.93. The van der Waals surface area contributed by atoms with Crippen molar-refractivity contribution in [1.29, 1.82) is 0 Å². The molecule has 1 nitrogen and oxygen atoms in total. The zero-order chi connectivity index (χ0) is 11.9. The highest BCUT2D eigenvalue weighted by atomic mass is 14.6. The first-order valence-corrected chi connectivity index (χ1v) is 6.09. The normalized spacial score (nSPS) is 11.3. The molecule has 0 saturated carbocycles. The maximum atomic E-state index is 4.41. The molecule has 0 N–H and O–H groups in total. The highest BCUT2D eigenvalue weighted by molar-refractivity contribution is 6.16. The molecule has 0 unspecified atom stereocenters. The van der Waals surface area contributed by atoms with E-state index in [1.807, 2.05) is 12.3 Å². The number of aromatic nitrogens is 1. The average Bonchev–Trinajstić information content (AvgIpc) is 2.46. The Morgan fingerprint density at radius 2 is 1.33 bits per heavy atom. The summed E-state index contributed by atoms with van der Waals surface area (Å²) in [6.07, 6.45) is 1.84. The second-order valence-electron chi connectivity index (χ2n) is 4.52. The van der Waals surface area contributed by atoms with E-state index in [4.69, 9.17) is 0 Å². The Labute approximate surface area is 105 Å². The highest BCUT2D eigenvalue weighted by Crippen LogP contribution is 2.30. The number of hydrogen-bond acceptors (Lipinski definition) is 1. The fourth-order valence-electron chi connectivity index (χ4n) is 2.65. The van der Waals surface area contributed by atoms with Crippen LogP contribution in [0.4, 0.5) is 0 Å². The molecule has 0 aliphatic carbocycles. The lowest BCUT2D eigenvalue weighted by molar-refractivity contribution is 1.42. The average molecular weight is 229 g/mol. The molecular weight excluding hydrogens is 218 g/mol. The SMILES string of the molecule is c1ccc2c(c1)ccc1c3cccnc3ccc21. The second-order valence-corrected chi connectivity index (χ2v) is 4.52. The molecule has 1 heterocycles. The molecule has 4 rings (SSSR count). The molecule has 0 atom stereocenters. The smallest absolute Gasteiger partial charge is 0.0708 e. The maximum Gasteiger partial charge on any atom is 0.0708 e. The summed E-state index contributed by atoms with van der Waals surface area (Å²) in [5, 5.41) is 6.39. The van der Waals surface area contributed by atoms with Crippen LogP contribution in [0, 0.1) is 0 Å². The van der Waals surface area contributed by atoms with Gasteiger partial charge in [-0.15, -0.1) is 0 Å². The van der Waals surface area contributed by atoms with Gasteiger partial charge in [0.2, 0.25) is 0 Å². The lowest BCUT2D eigenvalue weighted by Crippen LogP contribution is -1.82. The quantitative estimate of drug-likeness (QED) is 0.403. The van der Waals surface area contributed by atoms with Crippen LogP contribution in [0.2, 0.25) is 0 Å². The van der Waals surface area contributed by atoms with Gasteiger partial charge < -0.3 is 0 Å². The number of hydrogen-bond donors (Lipinski definition) is 0. The van der Waals surface area contributed by atoms with Crippen LogP contribution in [-0.4, -0.2) is 4.98 Å². The predicted molar refractivity (Wildman–Crippen MR) is 76.8 cm³/mol. The fraction of sp³-hybridized carbons (Fsp3) is 0. The lowest BCUT2D eigenvalue weighted by Gasteiger charge is -2.06. The van der Waals surface area contributed by atoms with Gasteiger partial charge in [-0.25, -0.2) is 0 Å². The van der Waals surface area contributed by atoms with Gasteiger partial charge in [0, 0.05) is 11.6 Å². The van der Waals surface area contributed by atoms with E-state index in [2.05, 4.69) is 59.6 Å². The number of fused-ring (bicyclic) bond motifs is 5. The van der Waals surface area contributed by atoms with Crippen molar-refractivity contribution >= 4 is 32.4 Å². The molecule has 0 aliphatic heterocycles. The summed E-state index contributed by atoms with van der Waals surface area (Å²) in [6.45, 7) is 0. The molecule has 18 heavy (non-hydrogen) atoms. The summed E-state index contributed by atoms with van der Waals surface area (Å²) in [5.74, 6) is 0. The van der Waals surface area contributed by atoms with Gasteiger partial charge in [-0.3, -0.25) is 4.98 Å². The van der Waals surface area contributed by atoms with E-state index in [1.54, 1.807) is 0 Å². The van der Waals surface area contributed by atoms with Crippen molar-refractivity contribution in [3.05, 3.63) is 66.9 Å². The van der Waals surface area contributed by atoms with Crippen molar-refractivity contribution in [1.82, 2.24) is 4.98 Å². The summed E-state index contributed by atoms with van der Waals surface area (Å²) in [6, 6.07) is 21.3. The molecule has 1 heteroatoms. The maximum absolute atomic E-state index is 4.41. The van der Waals surface area contributed by atoms with E-state index in [9.17, 15) is 0 Å². The molecule has 0 radical (unpaired) electrons. The van der Waals surface area contributed by atoms with E-state index in [0.717, 1.165) is 5.52 Å². The van der Waals surface area contributed by atoms with Crippen LogP contribution in [0.3, 0.4) is 0 Å². The van der Waals surface area contributed by atoms with E-state index in [0.29, 0.717) is 0 Å². The minimum atomic E-state index is 1.06. The first kappa shape index (κ1) is 9.60. The van der Waals surface area contributed by atoms with Crippen LogP contribution < -0.4 is 0 Å². The highest BCUT2D eigenvalue weighted by Gasteiger charge is 2.03. The van der Waals surface area contributed by atoms with Crippen LogP contribution in [0.1, 0.15) is 0 Å². The lowest BCUT2D eigenvalue weighted by atomic mass is 9.99. The molecule has 3 aromatic carbocycles. The van der Waals surface area contributed by atoms with Gasteiger partial charge in [-0.1, -0.05) is 48.5 Å². The van der Waals surface area contributed by atoms with Crippen molar-refractivity contribution in [2.24, 2.45) is 0 Å².